The van der Waals surface area contributed by atoms with E-state index in [1.54, 1.807) is 42.5 Å². The molecule has 0 aliphatic carbocycles. The predicted molar refractivity (Wildman–Crippen MR) is 104 cm³/mol. The number of likely N-dealkylation sites (N-methyl/N-ethyl adjacent to an activating group) is 1. The minimum absolute atomic E-state index is 0.0126. The molecule has 0 unspecified atom stereocenters. The molecule has 0 spiro atoms. The van der Waals surface area contributed by atoms with Gasteiger partial charge in [0.05, 0.1) is 0 Å². The Kier molecular flexibility index (Phi) is 5.59. The van der Waals surface area contributed by atoms with Crippen molar-refractivity contribution >= 4 is 29.1 Å². The van der Waals surface area contributed by atoms with Crippen LogP contribution in [0.3, 0.4) is 0 Å². The van der Waals surface area contributed by atoms with Crippen molar-refractivity contribution in [2.45, 2.75) is 6.92 Å². The molecule has 1 saturated heterocycles. The summed E-state index contributed by atoms with van der Waals surface area (Å²) in [5.74, 6) is -0.201. The van der Waals surface area contributed by atoms with Crippen LogP contribution in [-0.2, 0) is 0 Å². The molecule has 0 aromatic heterocycles. The third-order valence-electron chi connectivity index (χ3n) is 4.62. The van der Waals surface area contributed by atoms with Crippen molar-refractivity contribution in [3.63, 3.8) is 0 Å². The van der Waals surface area contributed by atoms with Gasteiger partial charge in [-0.1, -0.05) is 11.6 Å². The summed E-state index contributed by atoms with van der Waals surface area (Å²) >= 11 is 5.94. The third-order valence-corrected chi connectivity index (χ3v) is 4.86. The number of benzene rings is 2. The topological polar surface area (TPSA) is 52.7 Å². The van der Waals surface area contributed by atoms with E-state index in [1.165, 1.54) is 0 Å². The number of rotatable bonds is 3. The summed E-state index contributed by atoms with van der Waals surface area (Å²) in [7, 11) is 2.05. The van der Waals surface area contributed by atoms with Gasteiger partial charge in [-0.2, -0.15) is 0 Å². The summed E-state index contributed by atoms with van der Waals surface area (Å²) in [5, 5.41) is 3.50. The highest BCUT2D eigenvalue weighted by Gasteiger charge is 2.20. The van der Waals surface area contributed by atoms with Crippen molar-refractivity contribution in [3.05, 3.63) is 64.2 Å². The number of amides is 2. The van der Waals surface area contributed by atoms with Crippen LogP contribution in [0.1, 0.15) is 26.3 Å². The van der Waals surface area contributed by atoms with E-state index in [4.69, 9.17) is 11.6 Å². The molecule has 0 radical (unpaired) electrons. The van der Waals surface area contributed by atoms with Crippen molar-refractivity contribution in [2.24, 2.45) is 0 Å². The largest absolute Gasteiger partial charge is 0.336 e. The monoisotopic (exact) mass is 371 g/mol. The van der Waals surface area contributed by atoms with E-state index in [9.17, 15) is 9.59 Å². The number of nitrogens with zero attached hydrogens (tertiary/aromatic N) is 2. The Morgan fingerprint density at radius 1 is 0.962 bits per heavy atom. The van der Waals surface area contributed by atoms with E-state index in [0.29, 0.717) is 16.1 Å². The molecule has 0 atom stereocenters. The lowest BCUT2D eigenvalue weighted by atomic mass is 10.1. The third kappa shape index (κ3) is 4.23. The molecule has 0 bridgehead atoms. The zero-order chi connectivity index (χ0) is 18.7. The van der Waals surface area contributed by atoms with Crippen LogP contribution in [-0.4, -0.2) is 54.8 Å². The zero-order valence-corrected chi connectivity index (χ0v) is 15.7. The fraction of sp³-hybridized carbons (Fsp3) is 0.300. The highest BCUT2D eigenvalue weighted by molar-refractivity contribution is 6.30. The number of aryl methyl sites for hydroxylation is 1. The van der Waals surface area contributed by atoms with Gasteiger partial charge in [-0.25, -0.2) is 0 Å². The van der Waals surface area contributed by atoms with Gasteiger partial charge in [0, 0.05) is 48.0 Å². The number of piperazine rings is 1. The zero-order valence-electron chi connectivity index (χ0n) is 15.0. The van der Waals surface area contributed by atoms with Crippen molar-refractivity contribution < 1.29 is 9.59 Å². The lowest BCUT2D eigenvalue weighted by Crippen LogP contribution is -2.47. The molecule has 1 heterocycles. The van der Waals surface area contributed by atoms with Crippen LogP contribution in [0.25, 0.3) is 0 Å². The van der Waals surface area contributed by atoms with Gasteiger partial charge >= 0.3 is 0 Å². The Balaban J connectivity index is 1.67. The van der Waals surface area contributed by atoms with Gasteiger partial charge in [-0.3, -0.25) is 9.59 Å². The lowest BCUT2D eigenvalue weighted by Gasteiger charge is -2.32. The first-order valence-electron chi connectivity index (χ1n) is 8.59. The number of anilines is 1. The van der Waals surface area contributed by atoms with Gasteiger partial charge in [-0.05, 0) is 62.0 Å². The maximum absolute atomic E-state index is 12.5. The molecule has 5 nitrogen and oxygen atoms in total. The average Bonchev–Trinajstić information content (AvgIpc) is 2.64. The molecular formula is C20H22ClN3O2. The quantitative estimate of drug-likeness (QED) is 0.900. The number of nitrogens with one attached hydrogen (secondary N) is 1. The van der Waals surface area contributed by atoms with Crippen LogP contribution >= 0.6 is 11.6 Å². The molecule has 0 saturated carbocycles. The van der Waals surface area contributed by atoms with Crippen molar-refractivity contribution in [1.82, 2.24) is 9.80 Å². The number of hydrogen-bond acceptors (Lipinski definition) is 3. The first-order valence-corrected chi connectivity index (χ1v) is 8.97. The summed E-state index contributed by atoms with van der Waals surface area (Å²) in [6.07, 6.45) is 0. The van der Waals surface area contributed by atoms with E-state index < -0.39 is 0 Å². The standard InChI is InChI=1S/C20H22ClN3O2/c1-14-13-17(21)7-8-18(14)22-19(25)15-3-5-16(6-4-15)20(26)24-11-9-23(2)10-12-24/h3-8,13H,9-12H2,1-2H3,(H,22,25). The number of halogens is 1. The second-order valence-electron chi connectivity index (χ2n) is 6.59. The molecule has 136 valence electrons. The summed E-state index contributed by atoms with van der Waals surface area (Å²) < 4.78 is 0. The number of carbonyl (C=O) groups is 2. The summed E-state index contributed by atoms with van der Waals surface area (Å²) in [4.78, 5) is 29.0. The van der Waals surface area contributed by atoms with Crippen LogP contribution in [0.5, 0.6) is 0 Å². The van der Waals surface area contributed by atoms with Gasteiger partial charge in [0.15, 0.2) is 0 Å². The van der Waals surface area contributed by atoms with Crippen LogP contribution in [0.4, 0.5) is 5.69 Å². The van der Waals surface area contributed by atoms with E-state index in [-0.39, 0.29) is 11.8 Å². The van der Waals surface area contributed by atoms with Crippen LogP contribution in [0.15, 0.2) is 42.5 Å². The minimum Gasteiger partial charge on any atom is -0.336 e. The van der Waals surface area contributed by atoms with Crippen LogP contribution in [0.2, 0.25) is 5.02 Å². The SMILES string of the molecule is Cc1cc(Cl)ccc1NC(=O)c1ccc(C(=O)N2CCN(C)CC2)cc1. The lowest BCUT2D eigenvalue weighted by molar-refractivity contribution is 0.0664. The Bertz CT molecular complexity index is 812. The Hall–Kier alpha value is -2.37. The fourth-order valence-electron chi connectivity index (χ4n) is 2.92. The highest BCUT2D eigenvalue weighted by Crippen LogP contribution is 2.20. The van der Waals surface area contributed by atoms with Crippen LogP contribution in [0, 0.1) is 6.92 Å². The highest BCUT2D eigenvalue weighted by atomic mass is 35.5. The number of carbonyl (C=O) groups excluding carboxylic acids is 2. The Morgan fingerprint density at radius 3 is 2.19 bits per heavy atom. The summed E-state index contributed by atoms with van der Waals surface area (Å²) in [6.45, 7) is 5.11. The van der Waals surface area contributed by atoms with Crippen molar-refractivity contribution in [1.29, 1.82) is 0 Å². The molecule has 1 aliphatic heterocycles. The fourth-order valence-corrected chi connectivity index (χ4v) is 3.14. The molecule has 26 heavy (non-hydrogen) atoms. The molecule has 1 aliphatic rings. The average molecular weight is 372 g/mol. The van der Waals surface area contributed by atoms with Gasteiger partial charge in [0.2, 0.25) is 0 Å². The minimum atomic E-state index is -0.214. The second-order valence-corrected chi connectivity index (χ2v) is 7.02. The summed E-state index contributed by atoms with van der Waals surface area (Å²) in [6, 6.07) is 12.1. The molecule has 2 aromatic rings. The maximum Gasteiger partial charge on any atom is 0.255 e. The predicted octanol–water partition coefficient (Wildman–Crippen LogP) is 3.29. The normalized spacial score (nSPS) is 15.0. The van der Waals surface area contributed by atoms with Gasteiger partial charge in [0.25, 0.3) is 11.8 Å². The summed E-state index contributed by atoms with van der Waals surface area (Å²) in [5.41, 5.74) is 2.73. The Labute approximate surface area is 158 Å². The van der Waals surface area contributed by atoms with Gasteiger partial charge in [-0.15, -0.1) is 0 Å². The molecule has 2 amide bonds. The van der Waals surface area contributed by atoms with Gasteiger partial charge < -0.3 is 15.1 Å². The first kappa shape index (κ1) is 18.4. The second kappa shape index (κ2) is 7.89. The molecule has 6 heteroatoms. The molecule has 1 fully saturated rings. The molecule has 2 aromatic carbocycles. The Morgan fingerprint density at radius 2 is 1.58 bits per heavy atom. The van der Waals surface area contributed by atoms with Crippen LogP contribution < -0.4 is 5.32 Å². The maximum atomic E-state index is 12.5. The number of hydrogen-bond donors (Lipinski definition) is 1. The molecular weight excluding hydrogens is 350 g/mol. The smallest absolute Gasteiger partial charge is 0.255 e. The van der Waals surface area contributed by atoms with Gasteiger partial charge in [0.1, 0.15) is 0 Å². The van der Waals surface area contributed by atoms with E-state index in [0.717, 1.165) is 37.4 Å². The van der Waals surface area contributed by atoms with E-state index in [2.05, 4.69) is 17.3 Å². The molecule has 3 rings (SSSR count). The molecule has 1 N–H and O–H groups in total. The van der Waals surface area contributed by atoms with Crippen molar-refractivity contribution in [2.75, 3.05) is 38.5 Å². The van der Waals surface area contributed by atoms with Crippen molar-refractivity contribution in [3.8, 4) is 0 Å². The van der Waals surface area contributed by atoms with E-state index in [1.807, 2.05) is 11.8 Å². The first-order chi connectivity index (χ1) is 12.4. The van der Waals surface area contributed by atoms with E-state index >= 15 is 0 Å².